The van der Waals surface area contributed by atoms with Gasteiger partial charge in [-0.15, -0.1) is 0 Å². The second-order valence-corrected chi connectivity index (χ2v) is 5.02. The van der Waals surface area contributed by atoms with Crippen LogP contribution in [0.2, 0.25) is 0 Å². The molecule has 3 nitrogen and oxygen atoms in total. The Balaban J connectivity index is 2.37. The zero-order chi connectivity index (χ0) is 13.8. The number of benzene rings is 2. The molecule has 1 unspecified atom stereocenters. The van der Waals surface area contributed by atoms with E-state index in [-0.39, 0.29) is 0 Å². The predicted octanol–water partition coefficient (Wildman–Crippen LogP) is 4.17. The van der Waals surface area contributed by atoms with Crippen molar-refractivity contribution in [1.82, 2.24) is 0 Å². The number of rotatable bonds is 3. The third-order valence-corrected chi connectivity index (χ3v) is 3.11. The molecule has 1 atom stereocenters. The van der Waals surface area contributed by atoms with Crippen LogP contribution in [-0.4, -0.2) is 5.11 Å². The molecule has 0 aliphatic carbocycles. The topological polar surface area (TPSA) is 53.2 Å². The first kappa shape index (κ1) is 13.6. The highest BCUT2D eigenvalue weighted by Crippen LogP contribution is 2.32. The molecule has 0 aliphatic heterocycles. The first-order valence-corrected chi connectivity index (χ1v) is 6.55. The van der Waals surface area contributed by atoms with Crippen molar-refractivity contribution in [2.45, 2.75) is 13.0 Å². The van der Waals surface area contributed by atoms with E-state index in [2.05, 4.69) is 22.0 Å². The Labute approximate surface area is 120 Å². The van der Waals surface area contributed by atoms with Crippen LogP contribution in [0.25, 0.3) is 0 Å². The molecule has 0 saturated heterocycles. The number of nitriles is 1. The van der Waals surface area contributed by atoms with E-state index >= 15 is 0 Å². The van der Waals surface area contributed by atoms with E-state index < -0.39 is 6.10 Å². The van der Waals surface area contributed by atoms with Crippen LogP contribution in [-0.2, 0) is 0 Å². The molecule has 0 amide bonds. The highest BCUT2D eigenvalue weighted by Gasteiger charge is 2.10. The number of hydrogen-bond acceptors (Lipinski definition) is 3. The summed E-state index contributed by atoms with van der Waals surface area (Å²) in [6.07, 6.45) is -0.623. The fraction of sp³-hybridized carbons (Fsp3) is 0.133. The van der Waals surface area contributed by atoms with Crippen molar-refractivity contribution in [3.8, 4) is 17.6 Å². The van der Waals surface area contributed by atoms with Crippen LogP contribution < -0.4 is 4.74 Å². The van der Waals surface area contributed by atoms with Crippen molar-refractivity contribution >= 4 is 15.9 Å². The summed E-state index contributed by atoms with van der Waals surface area (Å²) >= 11 is 3.37. The van der Waals surface area contributed by atoms with Crippen LogP contribution in [0, 0.1) is 11.3 Å². The van der Waals surface area contributed by atoms with Gasteiger partial charge >= 0.3 is 0 Å². The minimum absolute atomic E-state index is 0.533. The van der Waals surface area contributed by atoms with E-state index in [9.17, 15) is 5.11 Å². The van der Waals surface area contributed by atoms with Gasteiger partial charge in [-0.3, -0.25) is 0 Å². The zero-order valence-electron chi connectivity index (χ0n) is 10.3. The Morgan fingerprint density at radius 2 is 2.05 bits per heavy atom. The molecule has 0 bridgehead atoms. The van der Waals surface area contributed by atoms with Gasteiger partial charge in [0.25, 0.3) is 0 Å². The largest absolute Gasteiger partial charge is 0.457 e. The molecule has 2 aromatic rings. The summed E-state index contributed by atoms with van der Waals surface area (Å²) < 4.78 is 6.62. The van der Waals surface area contributed by atoms with Crippen molar-refractivity contribution in [2.24, 2.45) is 0 Å². The lowest BCUT2D eigenvalue weighted by Gasteiger charge is -2.13. The van der Waals surface area contributed by atoms with Gasteiger partial charge in [0, 0.05) is 10.0 Å². The van der Waals surface area contributed by atoms with E-state index in [0.29, 0.717) is 22.6 Å². The SMILES string of the molecule is CC(O)c1ccc(Br)cc1Oc1cccc(C#N)c1. The van der Waals surface area contributed by atoms with Gasteiger partial charge in [0.1, 0.15) is 11.5 Å². The minimum Gasteiger partial charge on any atom is -0.457 e. The van der Waals surface area contributed by atoms with Crippen LogP contribution in [0.1, 0.15) is 24.2 Å². The fourth-order valence-electron chi connectivity index (χ4n) is 1.70. The highest BCUT2D eigenvalue weighted by molar-refractivity contribution is 9.10. The first-order chi connectivity index (χ1) is 9.10. The number of aliphatic hydroxyl groups is 1. The molecule has 0 aliphatic rings. The summed E-state index contributed by atoms with van der Waals surface area (Å²) in [5.74, 6) is 1.14. The molecule has 0 saturated carbocycles. The third-order valence-electron chi connectivity index (χ3n) is 2.62. The quantitative estimate of drug-likeness (QED) is 0.924. The summed E-state index contributed by atoms with van der Waals surface area (Å²) in [5.41, 5.74) is 1.23. The normalized spacial score (nSPS) is 11.7. The number of halogens is 1. The summed E-state index contributed by atoms with van der Waals surface area (Å²) in [4.78, 5) is 0. The maximum atomic E-state index is 9.73. The fourth-order valence-corrected chi connectivity index (χ4v) is 2.04. The van der Waals surface area contributed by atoms with Crippen LogP contribution >= 0.6 is 15.9 Å². The van der Waals surface area contributed by atoms with Crippen LogP contribution in [0.5, 0.6) is 11.5 Å². The standard InChI is InChI=1S/C15H12BrNO2/c1-10(18)14-6-5-12(16)8-15(14)19-13-4-2-3-11(7-13)9-17/h2-8,10,18H,1H3. The number of aliphatic hydroxyl groups excluding tert-OH is 1. The Bertz CT molecular complexity index is 632. The summed E-state index contributed by atoms with van der Waals surface area (Å²) in [6, 6.07) is 14.4. The van der Waals surface area contributed by atoms with Gasteiger partial charge in [-0.1, -0.05) is 28.1 Å². The van der Waals surface area contributed by atoms with E-state index in [0.717, 1.165) is 4.47 Å². The molecule has 96 valence electrons. The van der Waals surface area contributed by atoms with Crippen molar-refractivity contribution in [3.63, 3.8) is 0 Å². The Morgan fingerprint density at radius 1 is 1.26 bits per heavy atom. The predicted molar refractivity (Wildman–Crippen MR) is 76.0 cm³/mol. The molecule has 19 heavy (non-hydrogen) atoms. The first-order valence-electron chi connectivity index (χ1n) is 5.75. The summed E-state index contributed by atoms with van der Waals surface area (Å²) in [5, 5.41) is 18.6. The van der Waals surface area contributed by atoms with Crippen LogP contribution in [0.4, 0.5) is 0 Å². The lowest BCUT2D eigenvalue weighted by atomic mass is 10.1. The molecule has 0 radical (unpaired) electrons. The van der Waals surface area contributed by atoms with Gasteiger partial charge in [0.15, 0.2) is 0 Å². The van der Waals surface area contributed by atoms with Gasteiger partial charge in [-0.05, 0) is 37.3 Å². The van der Waals surface area contributed by atoms with Gasteiger partial charge in [0.05, 0.1) is 17.7 Å². The zero-order valence-corrected chi connectivity index (χ0v) is 11.9. The molecule has 0 spiro atoms. The van der Waals surface area contributed by atoms with Crippen LogP contribution in [0.15, 0.2) is 46.9 Å². The van der Waals surface area contributed by atoms with Crippen LogP contribution in [0.3, 0.4) is 0 Å². The molecular formula is C15H12BrNO2. The number of hydrogen-bond donors (Lipinski definition) is 1. The molecule has 0 fully saturated rings. The van der Waals surface area contributed by atoms with E-state index in [1.165, 1.54) is 0 Å². The van der Waals surface area contributed by atoms with Gasteiger partial charge < -0.3 is 9.84 Å². The monoisotopic (exact) mass is 317 g/mol. The average Bonchev–Trinajstić information content (AvgIpc) is 2.38. The number of ether oxygens (including phenoxy) is 1. The van der Waals surface area contributed by atoms with Crippen molar-refractivity contribution in [1.29, 1.82) is 5.26 Å². The lowest BCUT2D eigenvalue weighted by molar-refractivity contribution is 0.195. The van der Waals surface area contributed by atoms with Crippen molar-refractivity contribution in [2.75, 3.05) is 0 Å². The maximum Gasteiger partial charge on any atom is 0.134 e. The van der Waals surface area contributed by atoms with Gasteiger partial charge in [-0.2, -0.15) is 5.26 Å². The third kappa shape index (κ3) is 3.34. The minimum atomic E-state index is -0.623. The molecular weight excluding hydrogens is 306 g/mol. The molecule has 1 N–H and O–H groups in total. The molecule has 0 aromatic heterocycles. The van der Waals surface area contributed by atoms with Crippen molar-refractivity contribution in [3.05, 3.63) is 58.1 Å². The second kappa shape index (κ2) is 5.87. The summed E-state index contributed by atoms with van der Waals surface area (Å²) in [7, 11) is 0. The smallest absolute Gasteiger partial charge is 0.134 e. The van der Waals surface area contributed by atoms with E-state index in [4.69, 9.17) is 10.00 Å². The maximum absolute atomic E-state index is 9.73. The van der Waals surface area contributed by atoms with E-state index in [1.54, 1.807) is 43.3 Å². The molecule has 0 heterocycles. The molecule has 2 rings (SSSR count). The highest BCUT2D eigenvalue weighted by atomic mass is 79.9. The molecule has 2 aromatic carbocycles. The van der Waals surface area contributed by atoms with Gasteiger partial charge in [0.2, 0.25) is 0 Å². The van der Waals surface area contributed by atoms with Gasteiger partial charge in [-0.25, -0.2) is 0 Å². The Morgan fingerprint density at radius 3 is 2.74 bits per heavy atom. The average molecular weight is 318 g/mol. The van der Waals surface area contributed by atoms with Crippen molar-refractivity contribution < 1.29 is 9.84 Å². The second-order valence-electron chi connectivity index (χ2n) is 4.10. The lowest BCUT2D eigenvalue weighted by Crippen LogP contribution is -1.96. The Hall–Kier alpha value is -1.83. The summed E-state index contributed by atoms with van der Waals surface area (Å²) in [6.45, 7) is 1.68. The Kier molecular flexibility index (Phi) is 4.20. The van der Waals surface area contributed by atoms with E-state index in [1.807, 2.05) is 6.07 Å². The number of nitrogens with zero attached hydrogens (tertiary/aromatic N) is 1. The molecule has 4 heteroatoms.